The van der Waals surface area contributed by atoms with E-state index in [0.717, 1.165) is 36.8 Å². The molecule has 0 saturated heterocycles. The van der Waals surface area contributed by atoms with Gasteiger partial charge in [-0.1, -0.05) is 24.3 Å². The minimum Gasteiger partial charge on any atom is -0.321 e. The molecule has 1 fully saturated rings. The lowest BCUT2D eigenvalue weighted by molar-refractivity contribution is 0.102. The van der Waals surface area contributed by atoms with Gasteiger partial charge in [0.1, 0.15) is 0 Å². The Morgan fingerprint density at radius 3 is 2.32 bits per heavy atom. The molecule has 28 heavy (non-hydrogen) atoms. The highest BCUT2D eigenvalue weighted by Crippen LogP contribution is 2.35. The minimum atomic E-state index is -3.51. The number of benzene rings is 3. The minimum absolute atomic E-state index is 0.0526. The maximum atomic E-state index is 12.7. The van der Waals surface area contributed by atoms with Gasteiger partial charge in [0.15, 0.2) is 0 Å². The van der Waals surface area contributed by atoms with Crippen molar-refractivity contribution in [3.8, 4) is 0 Å². The van der Waals surface area contributed by atoms with Gasteiger partial charge >= 0.3 is 0 Å². The Balaban J connectivity index is 1.40. The quantitative estimate of drug-likeness (QED) is 0.696. The third-order valence-electron chi connectivity index (χ3n) is 5.45. The summed E-state index contributed by atoms with van der Waals surface area (Å²) in [6.07, 6.45) is 3.84. The number of rotatable bonds is 5. The molecule has 0 aliphatic heterocycles. The van der Waals surface area contributed by atoms with Crippen molar-refractivity contribution in [2.45, 2.75) is 36.6 Å². The highest BCUT2D eigenvalue weighted by atomic mass is 32.2. The number of carbonyl (C=O) groups excluding carboxylic acids is 1. The lowest BCUT2D eigenvalue weighted by Crippen LogP contribution is -2.25. The molecule has 0 bridgehead atoms. The third kappa shape index (κ3) is 3.08. The number of sulfonamides is 1. The van der Waals surface area contributed by atoms with Crippen molar-refractivity contribution in [1.29, 1.82) is 0 Å². The summed E-state index contributed by atoms with van der Waals surface area (Å²) in [5, 5.41) is 5.27. The fraction of sp³-hybridized carbons (Fsp3) is 0.227. The molecule has 3 aromatic rings. The van der Waals surface area contributed by atoms with Crippen LogP contribution in [-0.2, 0) is 22.9 Å². The van der Waals surface area contributed by atoms with E-state index in [1.165, 1.54) is 28.6 Å². The molecular weight excluding hydrogens is 372 g/mol. The molecule has 2 N–H and O–H groups in total. The van der Waals surface area contributed by atoms with Gasteiger partial charge in [-0.3, -0.25) is 4.79 Å². The first-order valence-electron chi connectivity index (χ1n) is 9.48. The number of hydrogen-bond donors (Lipinski definition) is 2. The summed E-state index contributed by atoms with van der Waals surface area (Å²) in [5.41, 5.74) is 3.84. The van der Waals surface area contributed by atoms with E-state index >= 15 is 0 Å². The SMILES string of the molecule is O=C(Nc1ccc2c3c(cccc13)CC2)c1ccc(S(=O)(=O)NC2CC2)cc1. The largest absolute Gasteiger partial charge is 0.321 e. The first-order valence-corrected chi connectivity index (χ1v) is 11.0. The van der Waals surface area contributed by atoms with E-state index in [4.69, 9.17) is 0 Å². The smallest absolute Gasteiger partial charge is 0.255 e. The van der Waals surface area contributed by atoms with Crippen LogP contribution in [0.1, 0.15) is 34.3 Å². The molecule has 3 aromatic carbocycles. The molecule has 0 aromatic heterocycles. The van der Waals surface area contributed by atoms with E-state index < -0.39 is 10.0 Å². The molecule has 0 radical (unpaired) electrons. The second-order valence-electron chi connectivity index (χ2n) is 7.49. The number of nitrogens with one attached hydrogen (secondary N) is 2. The van der Waals surface area contributed by atoms with E-state index in [9.17, 15) is 13.2 Å². The van der Waals surface area contributed by atoms with Crippen LogP contribution < -0.4 is 10.0 Å². The number of amides is 1. The van der Waals surface area contributed by atoms with E-state index in [1.807, 2.05) is 18.2 Å². The zero-order valence-electron chi connectivity index (χ0n) is 15.2. The van der Waals surface area contributed by atoms with Crippen LogP contribution in [0.2, 0.25) is 0 Å². The number of anilines is 1. The van der Waals surface area contributed by atoms with E-state index in [2.05, 4.69) is 22.2 Å². The second-order valence-corrected chi connectivity index (χ2v) is 9.20. The zero-order chi connectivity index (χ0) is 19.3. The fourth-order valence-corrected chi connectivity index (χ4v) is 5.13. The molecule has 0 unspecified atom stereocenters. The number of carbonyl (C=O) groups is 1. The van der Waals surface area contributed by atoms with Gasteiger partial charge < -0.3 is 5.32 Å². The molecule has 2 aliphatic rings. The van der Waals surface area contributed by atoms with Crippen LogP contribution in [0.25, 0.3) is 10.8 Å². The van der Waals surface area contributed by atoms with Crippen molar-refractivity contribution in [3.05, 3.63) is 71.3 Å². The standard InChI is InChI=1S/C22H20N2O3S/c25-22(16-6-11-18(12-7-16)28(26,27)24-17-9-10-17)23-20-13-8-15-5-4-14-2-1-3-19(20)21(14)15/h1-3,6-8,11-13,17,24H,4-5,9-10H2,(H,23,25). The Morgan fingerprint density at radius 2 is 1.61 bits per heavy atom. The fourth-order valence-electron chi connectivity index (χ4n) is 3.82. The van der Waals surface area contributed by atoms with Gasteiger partial charge in [-0.25, -0.2) is 13.1 Å². The van der Waals surface area contributed by atoms with Crippen molar-refractivity contribution < 1.29 is 13.2 Å². The van der Waals surface area contributed by atoms with Crippen LogP contribution in [-0.4, -0.2) is 20.4 Å². The average molecular weight is 392 g/mol. The van der Waals surface area contributed by atoms with Gasteiger partial charge in [0.05, 0.1) is 4.90 Å². The predicted molar refractivity (Wildman–Crippen MR) is 109 cm³/mol. The van der Waals surface area contributed by atoms with Crippen LogP contribution in [0.15, 0.2) is 59.5 Å². The molecule has 0 atom stereocenters. The van der Waals surface area contributed by atoms with Crippen LogP contribution in [0, 0.1) is 0 Å². The molecule has 2 aliphatic carbocycles. The van der Waals surface area contributed by atoms with E-state index in [1.54, 1.807) is 12.1 Å². The molecular formula is C22H20N2O3S. The second kappa shape index (κ2) is 6.43. The van der Waals surface area contributed by atoms with Crippen molar-refractivity contribution in [2.24, 2.45) is 0 Å². The number of hydrogen-bond acceptors (Lipinski definition) is 3. The molecule has 0 heterocycles. The van der Waals surface area contributed by atoms with Gasteiger partial charge in [-0.2, -0.15) is 0 Å². The summed E-state index contributed by atoms with van der Waals surface area (Å²) in [6, 6.07) is 16.3. The first kappa shape index (κ1) is 17.4. The van der Waals surface area contributed by atoms with Crippen molar-refractivity contribution in [1.82, 2.24) is 4.72 Å². The summed E-state index contributed by atoms with van der Waals surface area (Å²) < 4.78 is 27.2. The van der Waals surface area contributed by atoms with Gasteiger partial charge in [0.25, 0.3) is 5.91 Å². The highest BCUT2D eigenvalue weighted by Gasteiger charge is 2.28. The summed E-state index contributed by atoms with van der Waals surface area (Å²) in [4.78, 5) is 12.9. The Hall–Kier alpha value is -2.70. The van der Waals surface area contributed by atoms with Crippen LogP contribution in [0.3, 0.4) is 0 Å². The Bertz CT molecular complexity index is 1190. The predicted octanol–water partition coefficient (Wildman–Crippen LogP) is 3.63. The van der Waals surface area contributed by atoms with Gasteiger partial charge in [0.2, 0.25) is 10.0 Å². The van der Waals surface area contributed by atoms with E-state index in [-0.39, 0.29) is 16.8 Å². The summed E-state index contributed by atoms with van der Waals surface area (Å²) >= 11 is 0. The average Bonchev–Trinajstić information content (AvgIpc) is 3.40. The zero-order valence-corrected chi connectivity index (χ0v) is 16.1. The van der Waals surface area contributed by atoms with Crippen LogP contribution in [0.5, 0.6) is 0 Å². The lowest BCUT2D eigenvalue weighted by atomic mass is 10.0. The van der Waals surface area contributed by atoms with Gasteiger partial charge in [-0.15, -0.1) is 0 Å². The van der Waals surface area contributed by atoms with Crippen molar-refractivity contribution in [2.75, 3.05) is 5.32 Å². The molecule has 1 amide bonds. The Kier molecular flexibility index (Phi) is 4.00. The first-order chi connectivity index (χ1) is 13.5. The van der Waals surface area contributed by atoms with Gasteiger partial charge in [-0.05, 0) is 72.5 Å². The lowest BCUT2D eigenvalue weighted by Gasteiger charge is -2.11. The van der Waals surface area contributed by atoms with Crippen LogP contribution >= 0.6 is 0 Å². The highest BCUT2D eigenvalue weighted by molar-refractivity contribution is 7.89. The Morgan fingerprint density at radius 1 is 0.893 bits per heavy atom. The van der Waals surface area contributed by atoms with Gasteiger partial charge in [0, 0.05) is 22.7 Å². The molecule has 0 spiro atoms. The number of aryl methyl sites for hydroxylation is 2. The molecule has 5 rings (SSSR count). The third-order valence-corrected chi connectivity index (χ3v) is 6.99. The topological polar surface area (TPSA) is 75.3 Å². The molecule has 1 saturated carbocycles. The molecule has 5 nitrogen and oxygen atoms in total. The normalized spacial score (nSPS) is 15.7. The Labute approximate surface area is 163 Å². The monoisotopic (exact) mass is 392 g/mol. The maximum Gasteiger partial charge on any atom is 0.255 e. The summed E-state index contributed by atoms with van der Waals surface area (Å²) in [7, 11) is -3.51. The summed E-state index contributed by atoms with van der Waals surface area (Å²) in [5.74, 6) is -0.252. The van der Waals surface area contributed by atoms with Crippen molar-refractivity contribution in [3.63, 3.8) is 0 Å². The molecule has 142 valence electrons. The maximum absolute atomic E-state index is 12.7. The van der Waals surface area contributed by atoms with Crippen molar-refractivity contribution >= 4 is 32.4 Å². The summed E-state index contributed by atoms with van der Waals surface area (Å²) in [6.45, 7) is 0. The van der Waals surface area contributed by atoms with Crippen LogP contribution in [0.4, 0.5) is 5.69 Å². The van der Waals surface area contributed by atoms with E-state index in [0.29, 0.717) is 5.56 Å². The molecule has 6 heteroatoms.